The Morgan fingerprint density at radius 3 is 2.22 bits per heavy atom. The molecule has 0 radical (unpaired) electrons. The minimum absolute atomic E-state index is 0.241. The van der Waals surface area contributed by atoms with Crippen LogP contribution in [-0.4, -0.2) is 36.5 Å². The Morgan fingerprint density at radius 2 is 1.56 bits per heavy atom. The van der Waals surface area contributed by atoms with Gasteiger partial charge in [-0.05, 0) is 49.7 Å². The summed E-state index contributed by atoms with van der Waals surface area (Å²) in [5, 5.41) is 8.79. The maximum atomic E-state index is 12.6. The van der Waals surface area contributed by atoms with Gasteiger partial charge in [-0.25, -0.2) is 0 Å². The van der Waals surface area contributed by atoms with Crippen LogP contribution in [0.5, 0.6) is 0 Å². The van der Waals surface area contributed by atoms with Crippen LogP contribution < -0.4 is 0 Å². The van der Waals surface area contributed by atoms with E-state index in [0.29, 0.717) is 6.42 Å². The van der Waals surface area contributed by atoms with E-state index in [0.717, 1.165) is 50.6 Å². The summed E-state index contributed by atoms with van der Waals surface area (Å²) in [5.74, 6) is 0.241. The summed E-state index contributed by atoms with van der Waals surface area (Å²) < 4.78 is 0. The lowest BCUT2D eigenvalue weighted by Crippen LogP contribution is -2.12. The highest BCUT2D eigenvalue weighted by atomic mass is 16.2. The van der Waals surface area contributed by atoms with Gasteiger partial charge in [0.1, 0.15) is 0 Å². The van der Waals surface area contributed by atoms with Crippen LogP contribution in [0.15, 0.2) is 48.5 Å². The van der Waals surface area contributed by atoms with Crippen LogP contribution in [0.2, 0.25) is 0 Å². The Morgan fingerprint density at radius 1 is 0.889 bits per heavy atom. The molecule has 0 aliphatic heterocycles. The number of carbonyl (C=O) groups is 1. The fourth-order valence-corrected chi connectivity index (χ4v) is 3.39. The Bertz CT molecular complexity index is 695. The summed E-state index contributed by atoms with van der Waals surface area (Å²) >= 11 is 0. The number of nitrogens with zero attached hydrogens (tertiary/aromatic N) is 1. The van der Waals surface area contributed by atoms with Crippen molar-refractivity contribution in [2.45, 2.75) is 51.5 Å². The summed E-state index contributed by atoms with van der Waals surface area (Å²) in [6.45, 7) is 1.10. The van der Waals surface area contributed by atoms with Gasteiger partial charge < -0.3 is 10.0 Å². The van der Waals surface area contributed by atoms with Crippen molar-refractivity contribution in [3.8, 4) is 11.1 Å². The molecule has 2 aromatic carbocycles. The molecular weight excluding hydrogens is 334 g/mol. The van der Waals surface area contributed by atoms with Gasteiger partial charge in [0.05, 0.1) is 0 Å². The van der Waals surface area contributed by atoms with Crippen molar-refractivity contribution in [1.29, 1.82) is 0 Å². The number of unbranched alkanes of at least 4 members (excludes halogenated alkanes) is 5. The Labute approximate surface area is 164 Å². The zero-order chi connectivity index (χ0) is 19.5. The van der Waals surface area contributed by atoms with E-state index in [1.165, 1.54) is 16.7 Å². The van der Waals surface area contributed by atoms with Crippen LogP contribution in [0.25, 0.3) is 11.1 Å². The van der Waals surface area contributed by atoms with Crippen molar-refractivity contribution in [2.24, 2.45) is 0 Å². The highest BCUT2D eigenvalue weighted by molar-refractivity contribution is 5.96. The Hall–Kier alpha value is -1.97. The fourth-order valence-electron chi connectivity index (χ4n) is 3.39. The second-order valence-electron chi connectivity index (χ2n) is 7.49. The first-order chi connectivity index (χ1) is 13.1. The lowest BCUT2D eigenvalue weighted by Gasteiger charge is -2.16. The molecule has 0 aliphatic carbocycles. The molecule has 27 heavy (non-hydrogen) atoms. The number of hydrogen-bond donors (Lipinski definition) is 1. The molecular formula is C24H33NO2. The molecule has 0 heterocycles. The average molecular weight is 368 g/mol. The molecule has 0 aliphatic rings. The summed E-state index contributed by atoms with van der Waals surface area (Å²) in [5.41, 5.74) is 4.41. The Balaban J connectivity index is 1.99. The second kappa shape index (κ2) is 11.7. The van der Waals surface area contributed by atoms with Crippen LogP contribution in [-0.2, 0) is 6.54 Å². The van der Waals surface area contributed by atoms with Gasteiger partial charge in [-0.2, -0.15) is 0 Å². The van der Waals surface area contributed by atoms with Gasteiger partial charge >= 0.3 is 0 Å². The van der Waals surface area contributed by atoms with Crippen LogP contribution >= 0.6 is 0 Å². The van der Waals surface area contributed by atoms with Crippen LogP contribution in [0.3, 0.4) is 0 Å². The summed E-state index contributed by atoms with van der Waals surface area (Å²) in [6, 6.07) is 16.5. The van der Waals surface area contributed by atoms with Gasteiger partial charge in [-0.15, -0.1) is 0 Å². The van der Waals surface area contributed by atoms with Crippen molar-refractivity contribution in [3.05, 3.63) is 59.7 Å². The maximum Gasteiger partial charge on any atom is 0.162 e. The van der Waals surface area contributed by atoms with Gasteiger partial charge in [0.2, 0.25) is 0 Å². The highest BCUT2D eigenvalue weighted by Gasteiger charge is 2.11. The number of carbonyl (C=O) groups excluding carboxylic acids is 1. The van der Waals surface area contributed by atoms with E-state index < -0.39 is 0 Å². The van der Waals surface area contributed by atoms with Crippen LogP contribution in [0.1, 0.15) is 60.9 Å². The number of aliphatic hydroxyl groups is 1. The molecule has 2 rings (SSSR count). The maximum absolute atomic E-state index is 12.6. The van der Waals surface area contributed by atoms with E-state index in [-0.39, 0.29) is 12.4 Å². The van der Waals surface area contributed by atoms with E-state index in [1.54, 1.807) is 0 Å². The van der Waals surface area contributed by atoms with Gasteiger partial charge in [-0.1, -0.05) is 68.1 Å². The molecule has 0 aromatic heterocycles. The van der Waals surface area contributed by atoms with Crippen molar-refractivity contribution in [2.75, 3.05) is 20.7 Å². The SMILES string of the molecule is CN(C)Cc1cc(C(=O)CCCCCCCCO)ccc1-c1ccccc1. The van der Waals surface area contributed by atoms with Crippen molar-refractivity contribution in [3.63, 3.8) is 0 Å². The number of hydrogen-bond acceptors (Lipinski definition) is 3. The number of Topliss-reactive ketones (excluding diaryl/α,β-unsaturated/α-hetero) is 1. The normalized spacial score (nSPS) is 11.1. The first-order valence-corrected chi connectivity index (χ1v) is 10.1. The van der Waals surface area contributed by atoms with Gasteiger partial charge in [-0.3, -0.25) is 4.79 Å². The van der Waals surface area contributed by atoms with Crippen LogP contribution in [0.4, 0.5) is 0 Å². The van der Waals surface area contributed by atoms with E-state index in [1.807, 2.05) is 24.3 Å². The fraction of sp³-hybridized carbons (Fsp3) is 0.458. The molecule has 0 saturated carbocycles. The predicted molar refractivity (Wildman–Crippen MR) is 113 cm³/mol. The summed E-state index contributed by atoms with van der Waals surface area (Å²) in [4.78, 5) is 14.8. The average Bonchev–Trinajstić information content (AvgIpc) is 2.67. The number of ketones is 1. The van der Waals surface area contributed by atoms with E-state index in [9.17, 15) is 4.79 Å². The van der Waals surface area contributed by atoms with Gasteiger partial charge in [0.25, 0.3) is 0 Å². The minimum atomic E-state index is 0.241. The molecule has 146 valence electrons. The minimum Gasteiger partial charge on any atom is -0.396 e. The highest BCUT2D eigenvalue weighted by Crippen LogP contribution is 2.26. The molecule has 0 fully saturated rings. The molecule has 3 heteroatoms. The molecule has 0 unspecified atom stereocenters. The second-order valence-corrected chi connectivity index (χ2v) is 7.49. The third-order valence-electron chi connectivity index (χ3n) is 4.81. The van der Waals surface area contributed by atoms with E-state index >= 15 is 0 Å². The molecule has 0 amide bonds. The molecule has 0 atom stereocenters. The number of benzene rings is 2. The predicted octanol–water partition coefficient (Wildman–Crippen LogP) is 5.32. The zero-order valence-electron chi connectivity index (χ0n) is 16.8. The largest absolute Gasteiger partial charge is 0.396 e. The monoisotopic (exact) mass is 367 g/mol. The third-order valence-corrected chi connectivity index (χ3v) is 4.81. The quantitative estimate of drug-likeness (QED) is 0.408. The van der Waals surface area contributed by atoms with Gasteiger partial charge in [0, 0.05) is 25.1 Å². The number of rotatable bonds is 12. The summed E-state index contributed by atoms with van der Waals surface area (Å²) in [7, 11) is 4.11. The first-order valence-electron chi connectivity index (χ1n) is 10.1. The molecule has 0 bridgehead atoms. The summed E-state index contributed by atoms with van der Waals surface area (Å²) in [6.07, 6.45) is 6.91. The van der Waals surface area contributed by atoms with E-state index in [4.69, 9.17) is 5.11 Å². The third kappa shape index (κ3) is 7.28. The zero-order valence-corrected chi connectivity index (χ0v) is 16.8. The van der Waals surface area contributed by atoms with Crippen molar-refractivity contribution >= 4 is 5.78 Å². The Kier molecular flexibility index (Phi) is 9.23. The molecule has 3 nitrogen and oxygen atoms in total. The molecule has 2 aromatic rings. The number of aliphatic hydroxyl groups excluding tert-OH is 1. The lowest BCUT2D eigenvalue weighted by molar-refractivity contribution is 0.0979. The molecule has 1 N–H and O–H groups in total. The smallest absolute Gasteiger partial charge is 0.162 e. The molecule has 0 spiro atoms. The topological polar surface area (TPSA) is 40.5 Å². The van der Waals surface area contributed by atoms with E-state index in [2.05, 4.69) is 43.3 Å². The first kappa shape index (κ1) is 21.3. The molecule has 0 saturated heterocycles. The van der Waals surface area contributed by atoms with Crippen LogP contribution in [0, 0.1) is 0 Å². The standard InChI is InChI=1S/C24H33NO2/c1-25(2)19-22-18-21(15-16-23(22)20-12-8-7-9-13-20)24(27)14-10-5-3-4-6-11-17-26/h7-9,12-13,15-16,18,26H,3-6,10-11,14,17,19H2,1-2H3. The van der Waals surface area contributed by atoms with Crippen molar-refractivity contribution < 1.29 is 9.90 Å². The van der Waals surface area contributed by atoms with Crippen molar-refractivity contribution in [1.82, 2.24) is 4.90 Å². The lowest BCUT2D eigenvalue weighted by atomic mass is 9.94. The van der Waals surface area contributed by atoms with Gasteiger partial charge in [0.15, 0.2) is 5.78 Å².